The molecule has 0 saturated heterocycles. The predicted molar refractivity (Wildman–Crippen MR) is 77.1 cm³/mol. The number of carboxylic acid groups (broad SMARTS) is 1. The molecule has 0 spiro atoms. The minimum absolute atomic E-state index is 0.00682. The Morgan fingerprint density at radius 1 is 1.29 bits per heavy atom. The number of hydrogen-bond donors (Lipinski definition) is 1. The molecule has 0 unspecified atom stereocenters. The van der Waals surface area contributed by atoms with Gasteiger partial charge in [-0.15, -0.1) is 0 Å². The van der Waals surface area contributed by atoms with Crippen LogP contribution in [0.4, 0.5) is 5.69 Å². The standard InChI is InChI=1S/C14H10ClNO5/c1-21-13-11(6-8(15)7-12(13)16(19)20)9-4-2-3-5-10(9)14(17)18/h2-7H,1H3,(H,17,18). The molecule has 0 saturated carbocycles. The van der Waals surface area contributed by atoms with Gasteiger partial charge in [0.2, 0.25) is 5.75 Å². The monoisotopic (exact) mass is 307 g/mol. The van der Waals surface area contributed by atoms with E-state index in [1.165, 1.54) is 19.2 Å². The van der Waals surface area contributed by atoms with E-state index in [1.807, 2.05) is 0 Å². The molecule has 1 N–H and O–H groups in total. The van der Waals surface area contributed by atoms with E-state index in [2.05, 4.69) is 0 Å². The smallest absolute Gasteiger partial charge is 0.336 e. The lowest BCUT2D eigenvalue weighted by atomic mass is 9.98. The molecule has 21 heavy (non-hydrogen) atoms. The second kappa shape index (κ2) is 5.80. The Morgan fingerprint density at radius 3 is 2.52 bits per heavy atom. The number of hydrogen-bond acceptors (Lipinski definition) is 4. The molecular weight excluding hydrogens is 298 g/mol. The molecular formula is C14H10ClNO5. The maximum Gasteiger partial charge on any atom is 0.336 e. The number of nitro benzene ring substituents is 1. The Bertz CT molecular complexity index is 729. The van der Waals surface area contributed by atoms with Gasteiger partial charge in [0, 0.05) is 22.2 Å². The fraction of sp³-hybridized carbons (Fsp3) is 0.0714. The molecule has 0 atom stereocenters. The number of aromatic carboxylic acids is 1. The van der Waals surface area contributed by atoms with Crippen molar-refractivity contribution in [3.8, 4) is 16.9 Å². The van der Waals surface area contributed by atoms with Gasteiger partial charge in [-0.2, -0.15) is 0 Å². The number of benzene rings is 2. The van der Waals surface area contributed by atoms with E-state index < -0.39 is 10.9 Å². The molecule has 108 valence electrons. The Kier molecular flexibility index (Phi) is 4.09. The molecule has 6 nitrogen and oxygen atoms in total. The predicted octanol–water partition coefficient (Wildman–Crippen LogP) is 3.62. The number of ether oxygens (including phenoxy) is 1. The number of nitrogens with zero attached hydrogens (tertiary/aromatic N) is 1. The van der Waals surface area contributed by atoms with Gasteiger partial charge in [0.05, 0.1) is 17.6 Å². The first-order valence-electron chi connectivity index (χ1n) is 5.80. The molecule has 0 aliphatic heterocycles. The molecule has 0 radical (unpaired) electrons. The van der Waals surface area contributed by atoms with Gasteiger partial charge in [-0.05, 0) is 12.1 Å². The molecule has 0 heterocycles. The molecule has 0 bridgehead atoms. The molecule has 0 aromatic heterocycles. The van der Waals surface area contributed by atoms with Crippen molar-refractivity contribution in [1.29, 1.82) is 0 Å². The van der Waals surface area contributed by atoms with Crippen LogP contribution in [0.2, 0.25) is 5.02 Å². The van der Waals surface area contributed by atoms with Crippen molar-refractivity contribution in [2.75, 3.05) is 7.11 Å². The Balaban J connectivity index is 2.81. The summed E-state index contributed by atoms with van der Waals surface area (Å²) in [6.45, 7) is 0. The summed E-state index contributed by atoms with van der Waals surface area (Å²) in [7, 11) is 1.28. The topological polar surface area (TPSA) is 89.7 Å². The number of nitro groups is 1. The van der Waals surface area contributed by atoms with Crippen molar-refractivity contribution >= 4 is 23.3 Å². The van der Waals surface area contributed by atoms with Gasteiger partial charge < -0.3 is 9.84 Å². The third-order valence-electron chi connectivity index (χ3n) is 2.88. The number of rotatable bonds is 4. The Hall–Kier alpha value is -2.60. The fourth-order valence-corrected chi connectivity index (χ4v) is 2.25. The maximum absolute atomic E-state index is 11.3. The van der Waals surface area contributed by atoms with E-state index in [-0.39, 0.29) is 27.6 Å². The van der Waals surface area contributed by atoms with Gasteiger partial charge in [-0.25, -0.2) is 4.79 Å². The van der Waals surface area contributed by atoms with Crippen LogP contribution in [0.15, 0.2) is 36.4 Å². The Labute approximate surface area is 124 Å². The number of methoxy groups -OCH3 is 1. The SMILES string of the molecule is COc1c(-c2ccccc2C(=O)O)cc(Cl)cc1[N+](=O)[O-]. The highest BCUT2D eigenvalue weighted by Gasteiger charge is 2.23. The van der Waals surface area contributed by atoms with Crippen molar-refractivity contribution < 1.29 is 19.6 Å². The van der Waals surface area contributed by atoms with Crippen molar-refractivity contribution in [2.24, 2.45) is 0 Å². The highest BCUT2D eigenvalue weighted by atomic mass is 35.5. The van der Waals surface area contributed by atoms with Gasteiger partial charge >= 0.3 is 11.7 Å². The molecule has 0 fully saturated rings. The average Bonchev–Trinajstić information content (AvgIpc) is 2.46. The Morgan fingerprint density at radius 2 is 1.95 bits per heavy atom. The zero-order valence-electron chi connectivity index (χ0n) is 10.9. The van der Waals surface area contributed by atoms with E-state index >= 15 is 0 Å². The van der Waals surface area contributed by atoms with Gasteiger partial charge in [0.15, 0.2) is 0 Å². The first kappa shape index (κ1) is 14.8. The lowest BCUT2D eigenvalue weighted by Gasteiger charge is -2.12. The summed E-state index contributed by atoms with van der Waals surface area (Å²) in [4.78, 5) is 21.7. The van der Waals surface area contributed by atoms with Crippen LogP contribution in [0, 0.1) is 10.1 Å². The highest BCUT2D eigenvalue weighted by Crippen LogP contribution is 2.41. The lowest BCUT2D eigenvalue weighted by molar-refractivity contribution is -0.385. The molecule has 0 aliphatic rings. The normalized spacial score (nSPS) is 10.2. The van der Waals surface area contributed by atoms with Crippen LogP contribution in [0.1, 0.15) is 10.4 Å². The minimum atomic E-state index is -1.14. The number of halogens is 1. The molecule has 7 heteroatoms. The fourth-order valence-electron chi connectivity index (χ4n) is 2.03. The molecule has 0 aliphatic carbocycles. The van der Waals surface area contributed by atoms with Crippen LogP contribution in [0.5, 0.6) is 5.75 Å². The van der Waals surface area contributed by atoms with Crippen LogP contribution in [0.25, 0.3) is 11.1 Å². The summed E-state index contributed by atoms with van der Waals surface area (Å²) in [6.07, 6.45) is 0. The highest BCUT2D eigenvalue weighted by molar-refractivity contribution is 6.31. The lowest BCUT2D eigenvalue weighted by Crippen LogP contribution is -2.01. The van der Waals surface area contributed by atoms with E-state index in [0.29, 0.717) is 5.56 Å². The molecule has 2 rings (SSSR count). The van der Waals surface area contributed by atoms with Gasteiger partial charge in [-0.1, -0.05) is 29.8 Å². The summed E-state index contributed by atoms with van der Waals surface area (Å²) in [5.74, 6) is -1.17. The molecule has 2 aromatic rings. The van der Waals surface area contributed by atoms with E-state index in [9.17, 15) is 20.0 Å². The average molecular weight is 308 g/mol. The van der Waals surface area contributed by atoms with Crippen molar-refractivity contribution in [1.82, 2.24) is 0 Å². The first-order valence-corrected chi connectivity index (χ1v) is 6.18. The minimum Gasteiger partial charge on any atom is -0.490 e. The first-order chi connectivity index (χ1) is 9.95. The zero-order valence-corrected chi connectivity index (χ0v) is 11.6. The second-order valence-corrected chi connectivity index (χ2v) is 4.55. The van der Waals surface area contributed by atoms with E-state index in [0.717, 1.165) is 6.07 Å². The second-order valence-electron chi connectivity index (χ2n) is 4.11. The van der Waals surface area contributed by atoms with Crippen LogP contribution >= 0.6 is 11.6 Å². The summed E-state index contributed by atoms with van der Waals surface area (Å²) >= 11 is 5.90. The van der Waals surface area contributed by atoms with Crippen LogP contribution in [-0.2, 0) is 0 Å². The summed E-state index contributed by atoms with van der Waals surface area (Å²) in [6, 6.07) is 8.75. The third-order valence-corrected chi connectivity index (χ3v) is 3.10. The van der Waals surface area contributed by atoms with E-state index in [4.69, 9.17) is 16.3 Å². The van der Waals surface area contributed by atoms with Gasteiger partial charge in [0.1, 0.15) is 0 Å². The largest absolute Gasteiger partial charge is 0.490 e. The number of carbonyl (C=O) groups is 1. The third kappa shape index (κ3) is 2.80. The van der Waals surface area contributed by atoms with Gasteiger partial charge in [0.25, 0.3) is 0 Å². The van der Waals surface area contributed by atoms with Crippen molar-refractivity contribution in [2.45, 2.75) is 0 Å². The van der Waals surface area contributed by atoms with Crippen LogP contribution in [0.3, 0.4) is 0 Å². The zero-order chi connectivity index (χ0) is 15.6. The van der Waals surface area contributed by atoms with Crippen molar-refractivity contribution in [3.63, 3.8) is 0 Å². The number of carboxylic acids is 1. The summed E-state index contributed by atoms with van der Waals surface area (Å²) in [5, 5.41) is 20.4. The summed E-state index contributed by atoms with van der Waals surface area (Å²) in [5.41, 5.74) is 0.245. The van der Waals surface area contributed by atoms with Crippen molar-refractivity contribution in [3.05, 3.63) is 57.1 Å². The maximum atomic E-state index is 11.3. The van der Waals surface area contributed by atoms with Crippen LogP contribution < -0.4 is 4.74 Å². The van der Waals surface area contributed by atoms with Gasteiger partial charge in [-0.3, -0.25) is 10.1 Å². The molecule has 0 amide bonds. The van der Waals surface area contributed by atoms with Crippen LogP contribution in [-0.4, -0.2) is 23.1 Å². The summed E-state index contributed by atoms with van der Waals surface area (Å²) < 4.78 is 5.09. The molecule has 2 aromatic carbocycles. The van der Waals surface area contributed by atoms with E-state index in [1.54, 1.807) is 18.2 Å². The quantitative estimate of drug-likeness (QED) is 0.688.